The van der Waals surface area contributed by atoms with E-state index < -0.39 is 0 Å². The topological polar surface area (TPSA) is 12.0 Å². The lowest BCUT2D eigenvalue weighted by Gasteiger charge is -2.31. The minimum Gasteiger partial charge on any atom is -0.385 e. The van der Waals surface area contributed by atoms with E-state index in [1.165, 1.54) is 22.4 Å². The monoisotopic (exact) mass is 189 g/mol. The second-order valence-electron chi connectivity index (χ2n) is 4.69. The van der Waals surface area contributed by atoms with E-state index in [0.717, 1.165) is 12.5 Å². The number of rotatable bonds is 0. The summed E-state index contributed by atoms with van der Waals surface area (Å²) in [5, 5.41) is 3.52. The quantitative estimate of drug-likeness (QED) is 0.659. The van der Waals surface area contributed by atoms with Crippen LogP contribution in [-0.4, -0.2) is 6.54 Å². The summed E-state index contributed by atoms with van der Waals surface area (Å²) < 4.78 is 0. The molecule has 0 radical (unpaired) electrons. The maximum absolute atomic E-state index is 3.52. The van der Waals surface area contributed by atoms with E-state index in [4.69, 9.17) is 0 Å². The van der Waals surface area contributed by atoms with Gasteiger partial charge in [-0.3, -0.25) is 0 Å². The van der Waals surface area contributed by atoms with Crippen LogP contribution < -0.4 is 5.32 Å². The molecule has 1 aromatic rings. The fourth-order valence-electron chi connectivity index (χ4n) is 2.46. The zero-order chi connectivity index (χ0) is 10.3. The Kier molecular flexibility index (Phi) is 2.26. The molecule has 1 aliphatic heterocycles. The van der Waals surface area contributed by atoms with Gasteiger partial charge in [0.2, 0.25) is 0 Å². The molecule has 2 rings (SSSR count). The first-order chi connectivity index (χ1) is 6.59. The van der Waals surface area contributed by atoms with Crippen molar-refractivity contribution in [1.82, 2.24) is 0 Å². The Bertz CT molecular complexity index is 354. The normalized spacial score (nSPS) is 25.4. The first-order valence-corrected chi connectivity index (χ1v) is 5.44. The van der Waals surface area contributed by atoms with Crippen LogP contribution in [0.5, 0.6) is 0 Å². The smallest absolute Gasteiger partial charge is 0.0381 e. The molecule has 1 heterocycles. The molecular formula is C13H19N. The summed E-state index contributed by atoms with van der Waals surface area (Å²) in [7, 11) is 0. The van der Waals surface area contributed by atoms with Gasteiger partial charge in [0.25, 0.3) is 0 Å². The fourth-order valence-corrected chi connectivity index (χ4v) is 2.46. The summed E-state index contributed by atoms with van der Waals surface area (Å²) in [4.78, 5) is 0. The van der Waals surface area contributed by atoms with Crippen molar-refractivity contribution in [2.24, 2.45) is 5.92 Å². The third-order valence-corrected chi connectivity index (χ3v) is 3.45. The van der Waals surface area contributed by atoms with Crippen LogP contribution in [0, 0.1) is 19.8 Å². The van der Waals surface area contributed by atoms with Crippen molar-refractivity contribution < 1.29 is 0 Å². The van der Waals surface area contributed by atoms with Crippen LogP contribution in [-0.2, 0) is 0 Å². The van der Waals surface area contributed by atoms with E-state index in [0.29, 0.717) is 5.92 Å². The fraction of sp³-hybridized carbons (Fsp3) is 0.538. The number of fused-ring (bicyclic) bond motifs is 1. The minimum atomic E-state index is 0.687. The van der Waals surface area contributed by atoms with Gasteiger partial charge in [-0.1, -0.05) is 19.9 Å². The number of hydrogen-bond donors (Lipinski definition) is 1. The molecule has 1 N–H and O–H groups in total. The lowest BCUT2D eigenvalue weighted by molar-refractivity contribution is 0.495. The number of aryl methyl sites for hydroxylation is 2. The van der Waals surface area contributed by atoms with Crippen LogP contribution in [0.15, 0.2) is 12.1 Å². The minimum absolute atomic E-state index is 0.687. The standard InChI is InChI=1S/C13H19N/c1-8-5-9(2)13-11(4)10(3)7-14-12(13)6-8/h5-6,10-11,14H,7H2,1-4H3. The number of nitrogens with one attached hydrogen (secondary N) is 1. The molecule has 2 unspecified atom stereocenters. The average Bonchev–Trinajstić information content (AvgIpc) is 2.10. The summed E-state index contributed by atoms with van der Waals surface area (Å²) in [5.41, 5.74) is 5.67. The largest absolute Gasteiger partial charge is 0.385 e. The van der Waals surface area contributed by atoms with Crippen molar-refractivity contribution in [1.29, 1.82) is 0 Å². The zero-order valence-electron chi connectivity index (χ0n) is 9.52. The van der Waals surface area contributed by atoms with Crippen LogP contribution in [0.25, 0.3) is 0 Å². The highest BCUT2D eigenvalue weighted by Crippen LogP contribution is 2.37. The molecule has 0 aromatic heterocycles. The molecule has 0 saturated heterocycles. The van der Waals surface area contributed by atoms with Crippen LogP contribution >= 0.6 is 0 Å². The SMILES string of the molecule is Cc1cc(C)c2c(c1)NCC(C)C2C. The summed E-state index contributed by atoms with van der Waals surface area (Å²) in [6, 6.07) is 4.56. The van der Waals surface area contributed by atoms with Gasteiger partial charge in [0.1, 0.15) is 0 Å². The molecule has 0 bridgehead atoms. The van der Waals surface area contributed by atoms with Crippen molar-refractivity contribution in [2.75, 3.05) is 11.9 Å². The van der Waals surface area contributed by atoms with E-state index in [2.05, 4.69) is 45.1 Å². The molecule has 2 atom stereocenters. The van der Waals surface area contributed by atoms with Crippen molar-refractivity contribution in [3.63, 3.8) is 0 Å². The molecule has 0 aliphatic carbocycles. The Labute approximate surface area is 86.5 Å². The predicted molar refractivity (Wildman–Crippen MR) is 62.0 cm³/mol. The van der Waals surface area contributed by atoms with E-state index in [1.807, 2.05) is 0 Å². The van der Waals surface area contributed by atoms with Crippen molar-refractivity contribution >= 4 is 5.69 Å². The Morgan fingerprint density at radius 2 is 1.93 bits per heavy atom. The summed E-state index contributed by atoms with van der Waals surface area (Å²) in [6.45, 7) is 10.2. The van der Waals surface area contributed by atoms with Crippen LogP contribution in [0.1, 0.15) is 36.5 Å². The van der Waals surface area contributed by atoms with Crippen molar-refractivity contribution in [3.05, 3.63) is 28.8 Å². The second kappa shape index (κ2) is 3.30. The first-order valence-electron chi connectivity index (χ1n) is 5.44. The number of hydrogen-bond acceptors (Lipinski definition) is 1. The summed E-state index contributed by atoms with van der Waals surface area (Å²) >= 11 is 0. The molecule has 0 amide bonds. The molecule has 1 nitrogen and oxygen atoms in total. The Morgan fingerprint density at radius 3 is 2.64 bits per heavy atom. The van der Waals surface area contributed by atoms with Gasteiger partial charge < -0.3 is 5.32 Å². The van der Waals surface area contributed by atoms with Gasteiger partial charge >= 0.3 is 0 Å². The molecule has 76 valence electrons. The molecule has 0 fully saturated rings. The third kappa shape index (κ3) is 1.41. The molecular weight excluding hydrogens is 170 g/mol. The van der Waals surface area contributed by atoms with Crippen molar-refractivity contribution in [2.45, 2.75) is 33.6 Å². The number of anilines is 1. The first kappa shape index (κ1) is 9.57. The molecule has 1 aliphatic rings. The highest BCUT2D eigenvalue weighted by Gasteiger charge is 2.23. The maximum Gasteiger partial charge on any atom is 0.0381 e. The van der Waals surface area contributed by atoms with Crippen LogP contribution in [0.2, 0.25) is 0 Å². The lowest BCUT2D eigenvalue weighted by atomic mass is 9.82. The highest BCUT2D eigenvalue weighted by atomic mass is 14.9. The van der Waals surface area contributed by atoms with E-state index in [1.54, 1.807) is 0 Å². The molecule has 0 saturated carbocycles. The van der Waals surface area contributed by atoms with Crippen molar-refractivity contribution in [3.8, 4) is 0 Å². The van der Waals surface area contributed by atoms with Gasteiger partial charge in [-0.25, -0.2) is 0 Å². The third-order valence-electron chi connectivity index (χ3n) is 3.45. The van der Waals surface area contributed by atoms with Gasteiger partial charge in [0.05, 0.1) is 0 Å². The molecule has 1 aromatic carbocycles. The predicted octanol–water partition coefficient (Wildman–Crippen LogP) is 3.47. The second-order valence-corrected chi connectivity index (χ2v) is 4.69. The van der Waals surface area contributed by atoms with Gasteiger partial charge in [-0.15, -0.1) is 0 Å². The maximum atomic E-state index is 3.52. The van der Waals surface area contributed by atoms with E-state index in [-0.39, 0.29) is 0 Å². The van der Waals surface area contributed by atoms with E-state index in [9.17, 15) is 0 Å². The molecule has 0 spiro atoms. The molecule has 14 heavy (non-hydrogen) atoms. The summed E-state index contributed by atoms with van der Waals surface area (Å²) in [5.74, 6) is 1.43. The molecule has 1 heteroatoms. The summed E-state index contributed by atoms with van der Waals surface area (Å²) in [6.07, 6.45) is 0. The highest BCUT2D eigenvalue weighted by molar-refractivity contribution is 5.59. The van der Waals surface area contributed by atoms with Gasteiger partial charge in [-0.2, -0.15) is 0 Å². The number of benzene rings is 1. The lowest BCUT2D eigenvalue weighted by Crippen LogP contribution is -2.24. The van der Waals surface area contributed by atoms with E-state index >= 15 is 0 Å². The van der Waals surface area contributed by atoms with Gasteiger partial charge in [-0.05, 0) is 48.4 Å². The van der Waals surface area contributed by atoms with Gasteiger partial charge in [0, 0.05) is 12.2 Å². The Morgan fingerprint density at radius 1 is 1.21 bits per heavy atom. The van der Waals surface area contributed by atoms with Crippen LogP contribution in [0.4, 0.5) is 5.69 Å². The van der Waals surface area contributed by atoms with Gasteiger partial charge in [0.15, 0.2) is 0 Å². The van der Waals surface area contributed by atoms with Crippen LogP contribution in [0.3, 0.4) is 0 Å². The Balaban J connectivity index is 2.54. The average molecular weight is 189 g/mol. The zero-order valence-corrected chi connectivity index (χ0v) is 9.52. The Hall–Kier alpha value is -0.980.